The number of unbranched alkanes of at least 4 members (excludes halogenated alkanes) is 2. The number of aryl methyl sites for hydroxylation is 1. The third-order valence-electron chi connectivity index (χ3n) is 2.64. The molecule has 0 unspecified atom stereocenters. The summed E-state index contributed by atoms with van der Waals surface area (Å²) in [5.74, 6) is 2.37. The van der Waals surface area contributed by atoms with Gasteiger partial charge in [0.15, 0.2) is 5.82 Å². The highest BCUT2D eigenvalue weighted by Gasteiger charge is 2.23. The largest absolute Gasteiger partial charge is 0.339 e. The lowest BCUT2D eigenvalue weighted by atomic mass is 10.2. The van der Waals surface area contributed by atoms with Crippen LogP contribution in [-0.2, 0) is 17.6 Å². The number of carbonyl (C=O) groups excluding carboxylic acids is 1. The van der Waals surface area contributed by atoms with Gasteiger partial charge in [-0.15, -0.1) is 0 Å². The Balaban J connectivity index is 1.71. The quantitative estimate of drug-likeness (QED) is 0.507. The molecule has 1 saturated carbocycles. The van der Waals surface area contributed by atoms with E-state index in [-0.39, 0.29) is 0 Å². The van der Waals surface area contributed by atoms with Crippen LogP contribution in [0.5, 0.6) is 0 Å². The van der Waals surface area contributed by atoms with Crippen molar-refractivity contribution in [2.24, 2.45) is 5.92 Å². The van der Waals surface area contributed by atoms with E-state index in [1.165, 1.54) is 12.8 Å². The zero-order chi connectivity index (χ0) is 10.5. The molecule has 15 heavy (non-hydrogen) atoms. The molecule has 0 N–H and O–H groups in total. The number of rotatable bonds is 7. The summed E-state index contributed by atoms with van der Waals surface area (Å²) in [5, 5.41) is 3.94. The van der Waals surface area contributed by atoms with Gasteiger partial charge in [0.1, 0.15) is 6.29 Å². The van der Waals surface area contributed by atoms with Gasteiger partial charge in [-0.1, -0.05) is 5.16 Å². The highest BCUT2D eigenvalue weighted by atomic mass is 16.5. The predicted molar refractivity (Wildman–Crippen MR) is 54.3 cm³/mol. The third-order valence-corrected chi connectivity index (χ3v) is 2.64. The molecule has 1 fully saturated rings. The number of aromatic nitrogens is 2. The van der Waals surface area contributed by atoms with E-state index < -0.39 is 0 Å². The van der Waals surface area contributed by atoms with Crippen molar-refractivity contribution in [3.8, 4) is 0 Å². The summed E-state index contributed by atoms with van der Waals surface area (Å²) >= 11 is 0. The van der Waals surface area contributed by atoms with Crippen LogP contribution in [0.4, 0.5) is 0 Å². The highest BCUT2D eigenvalue weighted by Crippen LogP contribution is 2.31. The van der Waals surface area contributed by atoms with E-state index in [0.717, 1.165) is 49.6 Å². The number of aldehydes is 1. The molecule has 2 rings (SSSR count). The second-order valence-corrected chi connectivity index (χ2v) is 4.16. The summed E-state index contributed by atoms with van der Waals surface area (Å²) in [5.41, 5.74) is 0. The SMILES string of the molecule is O=CCCCCc1nc(CC2CC2)no1. The van der Waals surface area contributed by atoms with Gasteiger partial charge < -0.3 is 9.32 Å². The first kappa shape index (κ1) is 10.3. The normalized spacial score (nSPS) is 15.5. The summed E-state index contributed by atoms with van der Waals surface area (Å²) in [6.45, 7) is 0. The van der Waals surface area contributed by atoms with Crippen LogP contribution in [0.15, 0.2) is 4.52 Å². The minimum absolute atomic E-state index is 0.628. The van der Waals surface area contributed by atoms with E-state index in [1.807, 2.05) is 0 Å². The lowest BCUT2D eigenvalue weighted by Gasteiger charge is -1.91. The Labute approximate surface area is 89.1 Å². The number of hydrogen-bond donors (Lipinski definition) is 0. The Kier molecular flexibility index (Phi) is 3.48. The van der Waals surface area contributed by atoms with E-state index in [4.69, 9.17) is 4.52 Å². The van der Waals surface area contributed by atoms with Crippen LogP contribution in [0.1, 0.15) is 43.8 Å². The van der Waals surface area contributed by atoms with Gasteiger partial charge in [0, 0.05) is 19.3 Å². The van der Waals surface area contributed by atoms with Crippen molar-refractivity contribution in [3.05, 3.63) is 11.7 Å². The molecule has 1 aliphatic carbocycles. The van der Waals surface area contributed by atoms with Crippen molar-refractivity contribution in [2.45, 2.75) is 44.9 Å². The van der Waals surface area contributed by atoms with Gasteiger partial charge in [-0.2, -0.15) is 4.98 Å². The monoisotopic (exact) mass is 208 g/mol. The minimum Gasteiger partial charge on any atom is -0.339 e. The predicted octanol–water partition coefficient (Wildman–Crippen LogP) is 1.93. The second-order valence-electron chi connectivity index (χ2n) is 4.16. The molecule has 4 nitrogen and oxygen atoms in total. The molecule has 82 valence electrons. The number of hydrogen-bond acceptors (Lipinski definition) is 4. The zero-order valence-corrected chi connectivity index (χ0v) is 8.82. The van der Waals surface area contributed by atoms with E-state index in [1.54, 1.807) is 0 Å². The van der Waals surface area contributed by atoms with Crippen LogP contribution in [0.25, 0.3) is 0 Å². The maximum Gasteiger partial charge on any atom is 0.226 e. The summed E-state index contributed by atoms with van der Waals surface area (Å²) in [4.78, 5) is 14.4. The first-order valence-corrected chi connectivity index (χ1v) is 5.63. The third kappa shape index (κ3) is 3.46. The van der Waals surface area contributed by atoms with Crippen LogP contribution in [0.3, 0.4) is 0 Å². The Morgan fingerprint density at radius 3 is 3.00 bits per heavy atom. The molecule has 1 aromatic rings. The van der Waals surface area contributed by atoms with Gasteiger partial charge in [0.2, 0.25) is 5.89 Å². The van der Waals surface area contributed by atoms with Crippen LogP contribution in [0, 0.1) is 5.92 Å². The van der Waals surface area contributed by atoms with Gasteiger partial charge >= 0.3 is 0 Å². The smallest absolute Gasteiger partial charge is 0.226 e. The van der Waals surface area contributed by atoms with Gasteiger partial charge in [0.25, 0.3) is 0 Å². The van der Waals surface area contributed by atoms with Crippen LogP contribution >= 0.6 is 0 Å². The van der Waals surface area contributed by atoms with Gasteiger partial charge in [-0.3, -0.25) is 0 Å². The average molecular weight is 208 g/mol. The molecular weight excluding hydrogens is 192 g/mol. The van der Waals surface area contributed by atoms with Gasteiger partial charge in [0.05, 0.1) is 0 Å². The molecule has 1 aromatic heterocycles. The lowest BCUT2D eigenvalue weighted by Crippen LogP contribution is -1.91. The van der Waals surface area contributed by atoms with E-state index >= 15 is 0 Å². The van der Waals surface area contributed by atoms with Crippen LogP contribution in [-0.4, -0.2) is 16.4 Å². The fourth-order valence-electron chi connectivity index (χ4n) is 1.56. The highest BCUT2D eigenvalue weighted by molar-refractivity contribution is 5.48. The topological polar surface area (TPSA) is 56.0 Å². The zero-order valence-electron chi connectivity index (χ0n) is 8.82. The summed E-state index contributed by atoms with van der Waals surface area (Å²) < 4.78 is 5.12. The molecule has 0 aromatic carbocycles. The summed E-state index contributed by atoms with van der Waals surface area (Å²) in [7, 11) is 0. The van der Waals surface area contributed by atoms with Gasteiger partial charge in [-0.05, 0) is 31.6 Å². The summed E-state index contributed by atoms with van der Waals surface area (Å²) in [6.07, 6.45) is 7.82. The lowest BCUT2D eigenvalue weighted by molar-refractivity contribution is -0.107. The average Bonchev–Trinajstić information content (AvgIpc) is 2.93. The van der Waals surface area contributed by atoms with Crippen molar-refractivity contribution < 1.29 is 9.32 Å². The Bertz CT molecular complexity index is 318. The van der Waals surface area contributed by atoms with Crippen molar-refractivity contribution in [1.29, 1.82) is 0 Å². The fraction of sp³-hybridized carbons (Fsp3) is 0.727. The van der Waals surface area contributed by atoms with Crippen LogP contribution < -0.4 is 0 Å². The fourth-order valence-corrected chi connectivity index (χ4v) is 1.56. The maximum absolute atomic E-state index is 10.1. The molecule has 0 spiro atoms. The Morgan fingerprint density at radius 1 is 1.40 bits per heavy atom. The van der Waals surface area contributed by atoms with E-state index in [9.17, 15) is 4.79 Å². The molecule has 0 saturated heterocycles. The number of carbonyl (C=O) groups is 1. The van der Waals surface area contributed by atoms with Crippen molar-refractivity contribution in [2.75, 3.05) is 0 Å². The first-order chi connectivity index (χ1) is 7.38. The molecule has 4 heteroatoms. The van der Waals surface area contributed by atoms with E-state index in [0.29, 0.717) is 6.42 Å². The van der Waals surface area contributed by atoms with E-state index in [2.05, 4.69) is 10.1 Å². The molecular formula is C11H16N2O2. The minimum atomic E-state index is 0.628. The molecule has 0 aliphatic heterocycles. The molecule has 0 radical (unpaired) electrons. The Hall–Kier alpha value is -1.19. The maximum atomic E-state index is 10.1. The summed E-state index contributed by atoms with van der Waals surface area (Å²) in [6, 6.07) is 0. The molecule has 0 atom stereocenters. The van der Waals surface area contributed by atoms with Crippen molar-refractivity contribution in [3.63, 3.8) is 0 Å². The standard InChI is InChI=1S/C11H16N2O2/c14-7-3-1-2-4-11-12-10(13-15-11)8-9-5-6-9/h7,9H,1-6,8H2. The molecule has 1 heterocycles. The molecule has 0 amide bonds. The van der Waals surface area contributed by atoms with Gasteiger partial charge in [-0.25, -0.2) is 0 Å². The second kappa shape index (κ2) is 5.05. The molecule has 0 bridgehead atoms. The van der Waals surface area contributed by atoms with Crippen molar-refractivity contribution in [1.82, 2.24) is 10.1 Å². The molecule has 1 aliphatic rings. The number of nitrogens with zero attached hydrogens (tertiary/aromatic N) is 2. The first-order valence-electron chi connectivity index (χ1n) is 5.63. The van der Waals surface area contributed by atoms with Crippen molar-refractivity contribution >= 4 is 6.29 Å². The van der Waals surface area contributed by atoms with Crippen LogP contribution in [0.2, 0.25) is 0 Å². The Morgan fingerprint density at radius 2 is 2.27 bits per heavy atom.